The van der Waals surface area contributed by atoms with Gasteiger partial charge in [-0.05, 0) is 37.8 Å². The van der Waals surface area contributed by atoms with Gasteiger partial charge >= 0.3 is 5.69 Å². The Bertz CT molecular complexity index is 681. The summed E-state index contributed by atoms with van der Waals surface area (Å²) in [5.74, 6) is -1.10. The van der Waals surface area contributed by atoms with Gasteiger partial charge in [0.05, 0.1) is 4.92 Å². The lowest BCUT2D eigenvalue weighted by molar-refractivity contribution is -0.390. The summed E-state index contributed by atoms with van der Waals surface area (Å²) in [6, 6.07) is 2.97. The molecule has 3 N–H and O–H groups in total. The molecule has 0 saturated heterocycles. The molecule has 124 valence electrons. The summed E-state index contributed by atoms with van der Waals surface area (Å²) in [7, 11) is -4.24. The summed E-state index contributed by atoms with van der Waals surface area (Å²) in [6.07, 6.45) is 1.67. The van der Waals surface area contributed by atoms with Crippen LogP contribution in [-0.2, 0) is 10.0 Å². The molecule has 0 heterocycles. The van der Waals surface area contributed by atoms with Crippen LogP contribution in [0.1, 0.15) is 19.8 Å². The smallest absolute Gasteiger partial charge is 0.324 e. The molecule has 1 aromatic rings. The van der Waals surface area contributed by atoms with Crippen LogP contribution in [0.15, 0.2) is 23.1 Å². The summed E-state index contributed by atoms with van der Waals surface area (Å²) in [6.45, 7) is 1.70. The molecule has 1 aliphatic rings. The minimum absolute atomic E-state index is 0. The Balaban J connectivity index is 0.00000242. The first-order valence-electron chi connectivity index (χ1n) is 6.38. The molecule has 1 aromatic carbocycles. The van der Waals surface area contributed by atoms with Crippen molar-refractivity contribution in [1.29, 1.82) is 0 Å². The second-order valence-electron chi connectivity index (χ2n) is 5.35. The number of nitrogens with zero attached hydrogens (tertiary/aromatic N) is 1. The zero-order valence-electron chi connectivity index (χ0n) is 11.8. The molecular weight excluding hydrogens is 337 g/mol. The molecule has 22 heavy (non-hydrogen) atoms. The van der Waals surface area contributed by atoms with Gasteiger partial charge in [0, 0.05) is 12.1 Å². The highest BCUT2D eigenvalue weighted by molar-refractivity contribution is 7.89. The number of hydrogen-bond donors (Lipinski definition) is 2. The average Bonchev–Trinajstić information content (AvgIpc) is 3.22. The van der Waals surface area contributed by atoms with Crippen molar-refractivity contribution in [2.75, 3.05) is 6.54 Å². The third-order valence-corrected chi connectivity index (χ3v) is 5.34. The fraction of sp³-hybridized carbons (Fsp3) is 0.500. The molecule has 10 heteroatoms. The Labute approximate surface area is 133 Å². The number of sulfonamides is 1. The lowest BCUT2D eigenvalue weighted by Gasteiger charge is -2.28. The summed E-state index contributed by atoms with van der Waals surface area (Å²) in [5.41, 5.74) is 3.68. The molecule has 0 bridgehead atoms. The molecule has 1 atom stereocenters. The largest absolute Gasteiger partial charge is 0.329 e. The zero-order valence-corrected chi connectivity index (χ0v) is 13.4. The van der Waals surface area contributed by atoms with Gasteiger partial charge in [-0.3, -0.25) is 10.1 Å². The Morgan fingerprint density at radius 1 is 1.50 bits per heavy atom. The van der Waals surface area contributed by atoms with Crippen molar-refractivity contribution in [2.45, 2.75) is 30.2 Å². The van der Waals surface area contributed by atoms with Crippen LogP contribution in [0.4, 0.5) is 10.1 Å². The number of para-hydroxylation sites is 1. The molecule has 0 spiro atoms. The minimum atomic E-state index is -4.24. The number of nitro benzene ring substituents is 1. The first-order chi connectivity index (χ1) is 9.71. The molecule has 1 saturated carbocycles. The van der Waals surface area contributed by atoms with Gasteiger partial charge in [-0.2, -0.15) is 4.39 Å². The van der Waals surface area contributed by atoms with E-state index in [1.54, 1.807) is 6.92 Å². The SMILES string of the molecule is CC(CN)(NS(=O)(=O)c1cccc(F)c1[N+](=O)[O-])C1CC1.Cl. The monoisotopic (exact) mass is 353 g/mol. The van der Waals surface area contributed by atoms with E-state index in [1.807, 2.05) is 0 Å². The maximum absolute atomic E-state index is 13.6. The molecule has 0 aliphatic heterocycles. The number of nitro groups is 1. The number of nitrogens with one attached hydrogen (secondary N) is 1. The highest BCUT2D eigenvalue weighted by atomic mass is 35.5. The number of nitrogens with two attached hydrogens (primary N) is 1. The zero-order chi connectivity index (χ0) is 15.8. The van der Waals surface area contributed by atoms with Crippen LogP contribution in [0.2, 0.25) is 0 Å². The van der Waals surface area contributed by atoms with Crippen molar-refractivity contribution in [3.63, 3.8) is 0 Å². The minimum Gasteiger partial charge on any atom is -0.329 e. The van der Waals surface area contributed by atoms with E-state index in [0.717, 1.165) is 31.0 Å². The van der Waals surface area contributed by atoms with E-state index in [9.17, 15) is 22.9 Å². The van der Waals surface area contributed by atoms with E-state index >= 15 is 0 Å². The Hall–Kier alpha value is -1.29. The summed E-state index contributed by atoms with van der Waals surface area (Å²) >= 11 is 0. The number of halogens is 2. The number of benzene rings is 1. The summed E-state index contributed by atoms with van der Waals surface area (Å²) < 4.78 is 40.7. The second-order valence-corrected chi connectivity index (χ2v) is 7.00. The van der Waals surface area contributed by atoms with Gasteiger partial charge in [-0.15, -0.1) is 12.4 Å². The quantitative estimate of drug-likeness (QED) is 0.594. The lowest BCUT2D eigenvalue weighted by Crippen LogP contribution is -2.53. The van der Waals surface area contributed by atoms with Crippen LogP contribution in [0, 0.1) is 21.8 Å². The highest BCUT2D eigenvalue weighted by Crippen LogP contribution is 2.40. The number of hydrogen-bond acceptors (Lipinski definition) is 5. The van der Waals surface area contributed by atoms with Gasteiger partial charge in [0.15, 0.2) is 4.90 Å². The van der Waals surface area contributed by atoms with Crippen molar-refractivity contribution >= 4 is 28.1 Å². The highest BCUT2D eigenvalue weighted by Gasteiger charge is 2.44. The lowest BCUT2D eigenvalue weighted by atomic mass is 9.98. The third kappa shape index (κ3) is 3.54. The molecular formula is C12H17ClFN3O4S. The van der Waals surface area contributed by atoms with E-state index in [2.05, 4.69) is 4.72 Å². The van der Waals surface area contributed by atoms with Crippen molar-refractivity contribution in [1.82, 2.24) is 4.72 Å². The maximum atomic E-state index is 13.6. The van der Waals surface area contributed by atoms with Crippen molar-refractivity contribution in [2.24, 2.45) is 11.7 Å². The normalized spacial score (nSPS) is 17.4. The van der Waals surface area contributed by atoms with E-state index in [4.69, 9.17) is 5.73 Å². The van der Waals surface area contributed by atoms with Gasteiger partial charge < -0.3 is 5.73 Å². The van der Waals surface area contributed by atoms with Gasteiger partial charge in [0.2, 0.25) is 15.8 Å². The van der Waals surface area contributed by atoms with Crippen LogP contribution in [0.5, 0.6) is 0 Å². The Kier molecular flexibility index (Phi) is 5.50. The topological polar surface area (TPSA) is 115 Å². The average molecular weight is 354 g/mol. The molecule has 0 amide bonds. The first-order valence-corrected chi connectivity index (χ1v) is 7.86. The fourth-order valence-electron chi connectivity index (χ4n) is 2.26. The van der Waals surface area contributed by atoms with Gasteiger partial charge in [-0.25, -0.2) is 13.1 Å². The fourth-order valence-corrected chi connectivity index (χ4v) is 3.92. The molecule has 0 radical (unpaired) electrons. The van der Waals surface area contributed by atoms with Crippen LogP contribution >= 0.6 is 12.4 Å². The van der Waals surface area contributed by atoms with E-state index in [1.165, 1.54) is 0 Å². The molecule has 7 nitrogen and oxygen atoms in total. The van der Waals surface area contributed by atoms with Gasteiger partial charge in [0.25, 0.3) is 0 Å². The standard InChI is InChI=1S/C12H16FN3O4S.ClH/c1-12(7-14,8-5-6-8)15-21(19,20)10-4-2-3-9(13)11(10)16(17)18;/h2-4,8,15H,5-7,14H2,1H3;1H. The van der Waals surface area contributed by atoms with E-state index in [0.29, 0.717) is 0 Å². The molecule has 2 rings (SSSR count). The van der Waals surface area contributed by atoms with E-state index < -0.39 is 36.9 Å². The maximum Gasteiger partial charge on any atom is 0.324 e. The summed E-state index contributed by atoms with van der Waals surface area (Å²) in [5, 5.41) is 10.9. The van der Waals surface area contributed by atoms with Crippen LogP contribution < -0.4 is 10.5 Å². The second kappa shape index (κ2) is 6.45. The molecule has 0 aromatic heterocycles. The Morgan fingerprint density at radius 3 is 2.55 bits per heavy atom. The van der Waals surface area contributed by atoms with Crippen molar-refractivity contribution in [3.8, 4) is 0 Å². The number of rotatable bonds is 6. The predicted octanol–water partition coefficient (Wildman–Crippen LogP) is 1.56. The van der Waals surface area contributed by atoms with Crippen LogP contribution in [0.3, 0.4) is 0 Å². The van der Waals surface area contributed by atoms with Gasteiger partial charge in [0.1, 0.15) is 0 Å². The molecule has 1 aliphatic carbocycles. The first kappa shape index (κ1) is 18.8. The Morgan fingerprint density at radius 2 is 2.09 bits per heavy atom. The van der Waals surface area contributed by atoms with Crippen LogP contribution in [0.25, 0.3) is 0 Å². The van der Waals surface area contributed by atoms with Crippen molar-refractivity contribution < 1.29 is 17.7 Å². The van der Waals surface area contributed by atoms with Gasteiger partial charge in [-0.1, -0.05) is 6.07 Å². The predicted molar refractivity (Wildman–Crippen MR) is 80.8 cm³/mol. The third-order valence-electron chi connectivity index (χ3n) is 3.69. The van der Waals surface area contributed by atoms with Crippen molar-refractivity contribution in [3.05, 3.63) is 34.1 Å². The van der Waals surface area contributed by atoms with E-state index in [-0.39, 0.29) is 24.9 Å². The molecule has 1 unspecified atom stereocenters. The van der Waals surface area contributed by atoms with Crippen LogP contribution in [-0.4, -0.2) is 25.4 Å². The summed E-state index contributed by atoms with van der Waals surface area (Å²) in [4.78, 5) is 9.19. The molecule has 1 fully saturated rings.